The van der Waals surface area contributed by atoms with Gasteiger partial charge in [-0.2, -0.15) is 5.10 Å². The van der Waals surface area contributed by atoms with Crippen LogP contribution in [0.4, 0.5) is 0 Å². The van der Waals surface area contributed by atoms with E-state index in [0.29, 0.717) is 19.0 Å². The fraction of sp³-hybridized carbons (Fsp3) is 0.393. The number of aliphatic hydroxyl groups is 1. The molecule has 180 valence electrons. The van der Waals surface area contributed by atoms with Crippen LogP contribution < -0.4 is 4.74 Å². The van der Waals surface area contributed by atoms with Gasteiger partial charge in [-0.05, 0) is 51.5 Å². The van der Waals surface area contributed by atoms with Crippen molar-refractivity contribution in [3.8, 4) is 29.7 Å². The number of aromatic nitrogens is 2. The highest BCUT2D eigenvalue weighted by molar-refractivity contribution is 5.44. The van der Waals surface area contributed by atoms with Gasteiger partial charge in [0.05, 0.1) is 29.7 Å². The van der Waals surface area contributed by atoms with Gasteiger partial charge in [0.15, 0.2) is 0 Å². The van der Waals surface area contributed by atoms with Crippen LogP contribution >= 0.6 is 0 Å². The summed E-state index contributed by atoms with van der Waals surface area (Å²) in [5.74, 6) is 3.88. The molecule has 2 aromatic carbocycles. The molecule has 0 radical (unpaired) electrons. The summed E-state index contributed by atoms with van der Waals surface area (Å²) < 4.78 is 13.7. The Labute approximate surface area is 203 Å². The Kier molecular flexibility index (Phi) is 9.29. The average molecular weight is 462 g/mol. The highest BCUT2D eigenvalue weighted by Crippen LogP contribution is 2.32. The Morgan fingerprint density at radius 1 is 1.12 bits per heavy atom. The second kappa shape index (κ2) is 12.4. The molecule has 3 aromatic rings. The number of hydrogen-bond acceptors (Lipinski definition) is 5. The van der Waals surface area contributed by atoms with Crippen molar-refractivity contribution in [3.05, 3.63) is 71.4 Å². The van der Waals surface area contributed by atoms with Crippen LogP contribution in [0.25, 0.3) is 5.69 Å². The first-order chi connectivity index (χ1) is 16.4. The standard InChI is InChI=1S/C28H35N3O3/c1-6-17-33-20-24(32)18-30(21(3)4)19-26-27(7-2)29-31(23-11-9-8-10-12-23)28(26)34-25-15-13-22(5)14-16-25/h1,8-16,21,24,32H,7,17-20H2,2-5H3/t24-/m0/s1. The van der Waals surface area contributed by atoms with E-state index < -0.39 is 6.10 Å². The molecule has 0 spiro atoms. The molecular formula is C28H35N3O3. The smallest absolute Gasteiger partial charge is 0.227 e. The van der Waals surface area contributed by atoms with E-state index in [0.717, 1.165) is 29.1 Å². The van der Waals surface area contributed by atoms with Gasteiger partial charge in [0.25, 0.3) is 0 Å². The zero-order valence-electron chi connectivity index (χ0n) is 20.6. The number of ether oxygens (including phenoxy) is 2. The van der Waals surface area contributed by atoms with Crippen LogP contribution in [0.15, 0.2) is 54.6 Å². The molecule has 1 atom stereocenters. The summed E-state index contributed by atoms with van der Waals surface area (Å²) in [5, 5.41) is 15.4. The molecule has 34 heavy (non-hydrogen) atoms. The van der Waals surface area contributed by atoms with Crippen LogP contribution in [-0.2, 0) is 17.7 Å². The van der Waals surface area contributed by atoms with Crippen molar-refractivity contribution in [1.82, 2.24) is 14.7 Å². The maximum absolute atomic E-state index is 10.5. The van der Waals surface area contributed by atoms with Crippen LogP contribution in [0.5, 0.6) is 11.6 Å². The van der Waals surface area contributed by atoms with Gasteiger partial charge in [0, 0.05) is 19.1 Å². The maximum atomic E-state index is 10.5. The minimum absolute atomic E-state index is 0.192. The van der Waals surface area contributed by atoms with Gasteiger partial charge in [0.2, 0.25) is 5.88 Å². The molecule has 1 aromatic heterocycles. The lowest BCUT2D eigenvalue weighted by Crippen LogP contribution is -2.39. The SMILES string of the molecule is C#CCOC[C@@H](O)CN(Cc1c(CC)nn(-c2ccccc2)c1Oc1ccc(C)cc1)C(C)C. The van der Waals surface area contributed by atoms with Crippen molar-refractivity contribution in [2.24, 2.45) is 0 Å². The van der Waals surface area contributed by atoms with Gasteiger partial charge in [-0.25, -0.2) is 4.68 Å². The molecule has 1 heterocycles. The average Bonchev–Trinajstić information content (AvgIpc) is 3.17. The van der Waals surface area contributed by atoms with Crippen molar-refractivity contribution in [2.75, 3.05) is 19.8 Å². The van der Waals surface area contributed by atoms with Crippen molar-refractivity contribution in [3.63, 3.8) is 0 Å². The largest absolute Gasteiger partial charge is 0.439 e. The number of para-hydroxylation sites is 1. The third-order valence-corrected chi connectivity index (χ3v) is 5.62. The highest BCUT2D eigenvalue weighted by Gasteiger charge is 2.25. The lowest BCUT2D eigenvalue weighted by Gasteiger charge is -2.29. The van der Waals surface area contributed by atoms with Crippen LogP contribution in [0, 0.1) is 19.3 Å². The van der Waals surface area contributed by atoms with Crippen molar-refractivity contribution in [1.29, 1.82) is 0 Å². The van der Waals surface area contributed by atoms with Crippen molar-refractivity contribution < 1.29 is 14.6 Å². The van der Waals surface area contributed by atoms with E-state index in [1.807, 2.05) is 59.3 Å². The maximum Gasteiger partial charge on any atom is 0.227 e. The zero-order valence-corrected chi connectivity index (χ0v) is 20.6. The van der Waals surface area contributed by atoms with Gasteiger partial charge in [0.1, 0.15) is 12.4 Å². The number of nitrogens with zero attached hydrogens (tertiary/aromatic N) is 3. The quantitative estimate of drug-likeness (QED) is 0.311. The van der Waals surface area contributed by atoms with Gasteiger partial charge in [-0.15, -0.1) is 6.42 Å². The molecule has 3 rings (SSSR count). The van der Waals surface area contributed by atoms with Crippen molar-refractivity contribution in [2.45, 2.75) is 52.8 Å². The van der Waals surface area contributed by atoms with Gasteiger partial charge in [-0.1, -0.05) is 48.7 Å². The van der Waals surface area contributed by atoms with Crippen LogP contribution in [0.3, 0.4) is 0 Å². The highest BCUT2D eigenvalue weighted by atomic mass is 16.5. The summed E-state index contributed by atoms with van der Waals surface area (Å²) in [5.41, 5.74) is 4.09. The molecule has 0 aliphatic rings. The lowest BCUT2D eigenvalue weighted by molar-refractivity contribution is 0.0190. The number of rotatable bonds is 12. The van der Waals surface area contributed by atoms with E-state index in [2.05, 4.69) is 38.5 Å². The fourth-order valence-corrected chi connectivity index (χ4v) is 3.73. The van der Waals surface area contributed by atoms with Crippen molar-refractivity contribution >= 4 is 0 Å². The summed E-state index contributed by atoms with van der Waals surface area (Å²) in [4.78, 5) is 2.21. The third-order valence-electron chi connectivity index (χ3n) is 5.62. The molecule has 0 saturated carbocycles. The molecule has 0 bridgehead atoms. The number of terminal acetylenes is 1. The van der Waals surface area contributed by atoms with E-state index in [1.165, 1.54) is 5.56 Å². The topological polar surface area (TPSA) is 59.8 Å². The van der Waals surface area contributed by atoms with Crippen LogP contribution in [-0.4, -0.2) is 51.7 Å². The predicted molar refractivity (Wildman–Crippen MR) is 135 cm³/mol. The number of aliphatic hydroxyl groups excluding tert-OH is 1. The van der Waals surface area contributed by atoms with Gasteiger partial charge in [-0.3, -0.25) is 4.90 Å². The monoisotopic (exact) mass is 461 g/mol. The van der Waals surface area contributed by atoms with E-state index in [-0.39, 0.29) is 19.3 Å². The Bertz CT molecular complexity index is 1070. The molecule has 0 unspecified atom stereocenters. The minimum atomic E-state index is -0.647. The van der Waals surface area contributed by atoms with E-state index in [1.54, 1.807) is 0 Å². The Morgan fingerprint density at radius 2 is 1.82 bits per heavy atom. The van der Waals surface area contributed by atoms with Crippen LogP contribution in [0.2, 0.25) is 0 Å². The molecule has 0 fully saturated rings. The number of benzene rings is 2. The van der Waals surface area contributed by atoms with Crippen LogP contribution in [0.1, 0.15) is 37.6 Å². The summed E-state index contributed by atoms with van der Waals surface area (Å²) in [6.07, 6.45) is 5.36. The Hall–Kier alpha value is -3.11. The molecule has 0 aliphatic heterocycles. The molecule has 1 N–H and O–H groups in total. The fourth-order valence-electron chi connectivity index (χ4n) is 3.73. The van der Waals surface area contributed by atoms with E-state index in [4.69, 9.17) is 21.0 Å². The Morgan fingerprint density at radius 3 is 2.44 bits per heavy atom. The minimum Gasteiger partial charge on any atom is -0.439 e. The molecule has 0 saturated heterocycles. The normalized spacial score (nSPS) is 12.2. The summed E-state index contributed by atoms with van der Waals surface area (Å²) in [7, 11) is 0. The molecule has 6 nitrogen and oxygen atoms in total. The summed E-state index contributed by atoms with van der Waals surface area (Å²) in [6.45, 7) is 9.80. The molecule has 6 heteroatoms. The predicted octanol–water partition coefficient (Wildman–Crippen LogP) is 4.76. The Balaban J connectivity index is 1.97. The molecule has 0 amide bonds. The van der Waals surface area contributed by atoms with E-state index >= 15 is 0 Å². The second-order valence-corrected chi connectivity index (χ2v) is 8.64. The summed E-state index contributed by atoms with van der Waals surface area (Å²) >= 11 is 0. The first-order valence-electron chi connectivity index (χ1n) is 11.8. The lowest BCUT2D eigenvalue weighted by atomic mass is 10.1. The molecular weight excluding hydrogens is 426 g/mol. The second-order valence-electron chi connectivity index (χ2n) is 8.64. The number of aryl methyl sites for hydroxylation is 2. The zero-order chi connectivity index (χ0) is 24.5. The summed E-state index contributed by atoms with van der Waals surface area (Å²) in [6, 6.07) is 18.2. The first kappa shape index (κ1) is 25.5. The van der Waals surface area contributed by atoms with Gasteiger partial charge >= 0.3 is 0 Å². The number of hydrogen-bond donors (Lipinski definition) is 1. The molecule has 0 aliphatic carbocycles. The van der Waals surface area contributed by atoms with E-state index in [9.17, 15) is 5.11 Å². The first-order valence-corrected chi connectivity index (χ1v) is 11.8. The van der Waals surface area contributed by atoms with Gasteiger partial charge < -0.3 is 14.6 Å². The third kappa shape index (κ3) is 6.71.